The summed E-state index contributed by atoms with van der Waals surface area (Å²) in [6, 6.07) is -0.178. The molecule has 0 aliphatic heterocycles. The first kappa shape index (κ1) is 11.0. The molecule has 1 aliphatic carbocycles. The lowest BCUT2D eigenvalue weighted by Gasteiger charge is -2.14. The monoisotopic (exact) mass is 224 g/mol. The Hall–Kier alpha value is -1.46. The summed E-state index contributed by atoms with van der Waals surface area (Å²) < 4.78 is 1.67. The second-order valence-electron chi connectivity index (χ2n) is 4.41. The Balaban J connectivity index is 2.14. The molecular formula is C10H16N4O2. The minimum Gasteiger partial charge on any atom is -0.481 e. The van der Waals surface area contributed by atoms with Crippen LogP contribution in [0.25, 0.3) is 0 Å². The first-order valence-corrected chi connectivity index (χ1v) is 5.68. The molecule has 1 aromatic rings. The van der Waals surface area contributed by atoms with Gasteiger partial charge in [0, 0.05) is 5.92 Å². The molecule has 0 spiro atoms. The molecule has 0 amide bonds. The van der Waals surface area contributed by atoms with Gasteiger partial charge in [0.25, 0.3) is 0 Å². The Morgan fingerprint density at radius 3 is 2.88 bits per heavy atom. The third kappa shape index (κ3) is 2.20. The summed E-state index contributed by atoms with van der Waals surface area (Å²) in [6.07, 6.45) is 4.71. The highest BCUT2D eigenvalue weighted by Crippen LogP contribution is 2.33. The molecule has 2 rings (SSSR count). The van der Waals surface area contributed by atoms with Crippen molar-refractivity contribution in [3.8, 4) is 0 Å². The van der Waals surface area contributed by atoms with Crippen LogP contribution in [-0.4, -0.2) is 31.3 Å². The lowest BCUT2D eigenvalue weighted by Crippen LogP contribution is -2.16. The van der Waals surface area contributed by atoms with Gasteiger partial charge in [-0.1, -0.05) is 12.8 Å². The van der Waals surface area contributed by atoms with Crippen molar-refractivity contribution in [1.29, 1.82) is 0 Å². The van der Waals surface area contributed by atoms with Gasteiger partial charge in [-0.25, -0.2) is 4.68 Å². The molecule has 1 aromatic heterocycles. The van der Waals surface area contributed by atoms with Crippen LogP contribution in [0.4, 0.5) is 0 Å². The van der Waals surface area contributed by atoms with Gasteiger partial charge in [-0.3, -0.25) is 4.79 Å². The molecule has 1 unspecified atom stereocenters. The Kier molecular flexibility index (Phi) is 3.17. The zero-order chi connectivity index (χ0) is 11.5. The predicted octanol–water partition coefficient (Wildman–Crippen LogP) is 1.37. The lowest BCUT2D eigenvalue weighted by atomic mass is 10.1. The third-order valence-corrected chi connectivity index (χ3v) is 3.13. The number of nitrogens with zero attached hydrogens (tertiary/aromatic N) is 4. The van der Waals surface area contributed by atoms with E-state index in [1.807, 2.05) is 6.92 Å². The Morgan fingerprint density at radius 1 is 1.56 bits per heavy atom. The van der Waals surface area contributed by atoms with Crippen LogP contribution in [0.3, 0.4) is 0 Å². The van der Waals surface area contributed by atoms with Crippen LogP contribution in [0.1, 0.15) is 56.8 Å². The molecule has 1 atom stereocenters. The van der Waals surface area contributed by atoms with E-state index in [0.29, 0.717) is 5.92 Å². The molecule has 0 bridgehead atoms. The van der Waals surface area contributed by atoms with Gasteiger partial charge in [0.2, 0.25) is 0 Å². The molecule has 0 aromatic carbocycles. The maximum absolute atomic E-state index is 10.7. The van der Waals surface area contributed by atoms with Crippen molar-refractivity contribution < 1.29 is 9.90 Å². The quantitative estimate of drug-likeness (QED) is 0.835. The van der Waals surface area contributed by atoms with Crippen LogP contribution in [0.15, 0.2) is 0 Å². The topological polar surface area (TPSA) is 80.9 Å². The highest BCUT2D eigenvalue weighted by atomic mass is 16.4. The van der Waals surface area contributed by atoms with Crippen molar-refractivity contribution in [2.24, 2.45) is 0 Å². The molecule has 1 saturated carbocycles. The fraction of sp³-hybridized carbons (Fsp3) is 0.800. The highest BCUT2D eigenvalue weighted by Gasteiger charge is 2.25. The van der Waals surface area contributed by atoms with Gasteiger partial charge in [-0.05, 0) is 30.2 Å². The molecule has 6 heteroatoms. The molecule has 6 nitrogen and oxygen atoms in total. The number of rotatable bonds is 4. The van der Waals surface area contributed by atoms with Crippen molar-refractivity contribution >= 4 is 5.97 Å². The van der Waals surface area contributed by atoms with Gasteiger partial charge in [-0.2, -0.15) is 0 Å². The zero-order valence-corrected chi connectivity index (χ0v) is 9.33. The van der Waals surface area contributed by atoms with E-state index in [4.69, 9.17) is 5.11 Å². The lowest BCUT2D eigenvalue weighted by molar-refractivity contribution is -0.137. The van der Waals surface area contributed by atoms with E-state index in [1.165, 1.54) is 12.8 Å². The van der Waals surface area contributed by atoms with Crippen molar-refractivity contribution in [2.45, 2.75) is 51.0 Å². The van der Waals surface area contributed by atoms with E-state index in [2.05, 4.69) is 15.5 Å². The fourth-order valence-electron chi connectivity index (χ4n) is 2.31. The maximum Gasteiger partial charge on any atom is 0.305 e. The Labute approximate surface area is 93.6 Å². The van der Waals surface area contributed by atoms with E-state index in [0.717, 1.165) is 18.7 Å². The number of tetrazole rings is 1. The van der Waals surface area contributed by atoms with E-state index >= 15 is 0 Å². The summed E-state index contributed by atoms with van der Waals surface area (Å²) in [4.78, 5) is 10.7. The number of hydrogen-bond acceptors (Lipinski definition) is 4. The molecule has 1 heterocycles. The fourth-order valence-corrected chi connectivity index (χ4v) is 2.31. The molecular weight excluding hydrogens is 208 g/mol. The van der Waals surface area contributed by atoms with Crippen LogP contribution in [-0.2, 0) is 4.79 Å². The number of aliphatic carboxylic acids is 1. The molecule has 0 radical (unpaired) electrons. The van der Waals surface area contributed by atoms with Gasteiger partial charge in [-0.15, -0.1) is 5.10 Å². The Morgan fingerprint density at radius 2 is 2.25 bits per heavy atom. The van der Waals surface area contributed by atoms with Crippen molar-refractivity contribution in [2.75, 3.05) is 0 Å². The molecule has 1 aliphatic rings. The standard InChI is InChI=1S/C10H16N4O2/c1-7(6-9(15)16)14-10(11-12-13-14)8-4-2-3-5-8/h7-8H,2-6H2,1H3,(H,15,16). The normalized spacial score (nSPS) is 18.8. The second-order valence-corrected chi connectivity index (χ2v) is 4.41. The summed E-state index contributed by atoms with van der Waals surface area (Å²) >= 11 is 0. The number of hydrogen-bond donors (Lipinski definition) is 1. The number of carboxylic acid groups (broad SMARTS) is 1. The minimum absolute atomic E-state index is 0.0603. The smallest absolute Gasteiger partial charge is 0.305 e. The van der Waals surface area contributed by atoms with Gasteiger partial charge < -0.3 is 5.11 Å². The van der Waals surface area contributed by atoms with Crippen molar-refractivity contribution in [1.82, 2.24) is 20.2 Å². The van der Waals surface area contributed by atoms with Gasteiger partial charge in [0.15, 0.2) is 5.82 Å². The summed E-state index contributed by atoms with van der Waals surface area (Å²) in [5.74, 6) is 0.442. The van der Waals surface area contributed by atoms with E-state index in [1.54, 1.807) is 4.68 Å². The van der Waals surface area contributed by atoms with Crippen molar-refractivity contribution in [3.63, 3.8) is 0 Å². The first-order valence-electron chi connectivity index (χ1n) is 5.68. The predicted molar refractivity (Wildman–Crippen MR) is 56.0 cm³/mol. The number of carbonyl (C=O) groups is 1. The van der Waals surface area contributed by atoms with Gasteiger partial charge in [0.05, 0.1) is 12.5 Å². The van der Waals surface area contributed by atoms with Gasteiger partial charge >= 0.3 is 5.97 Å². The van der Waals surface area contributed by atoms with Crippen LogP contribution < -0.4 is 0 Å². The molecule has 88 valence electrons. The highest BCUT2D eigenvalue weighted by molar-refractivity contribution is 5.67. The van der Waals surface area contributed by atoms with E-state index in [-0.39, 0.29) is 12.5 Å². The number of aromatic nitrogens is 4. The summed E-state index contributed by atoms with van der Waals surface area (Å²) in [6.45, 7) is 1.84. The number of carboxylic acids is 1. The minimum atomic E-state index is -0.819. The van der Waals surface area contributed by atoms with E-state index < -0.39 is 5.97 Å². The van der Waals surface area contributed by atoms with Gasteiger partial charge in [0.1, 0.15) is 0 Å². The van der Waals surface area contributed by atoms with Crippen LogP contribution in [0.2, 0.25) is 0 Å². The SMILES string of the molecule is CC(CC(=O)O)n1nnnc1C1CCCC1. The molecule has 16 heavy (non-hydrogen) atoms. The summed E-state index contributed by atoms with van der Waals surface area (Å²) in [7, 11) is 0. The average molecular weight is 224 g/mol. The Bertz CT molecular complexity index is 371. The van der Waals surface area contributed by atoms with Crippen LogP contribution in [0, 0.1) is 0 Å². The first-order chi connectivity index (χ1) is 7.68. The average Bonchev–Trinajstić information content (AvgIpc) is 2.87. The maximum atomic E-state index is 10.7. The molecule has 0 saturated heterocycles. The largest absolute Gasteiger partial charge is 0.481 e. The third-order valence-electron chi connectivity index (χ3n) is 3.13. The van der Waals surface area contributed by atoms with E-state index in [9.17, 15) is 4.79 Å². The molecule has 1 N–H and O–H groups in total. The zero-order valence-electron chi connectivity index (χ0n) is 9.33. The molecule has 1 fully saturated rings. The van der Waals surface area contributed by atoms with Crippen LogP contribution >= 0.6 is 0 Å². The van der Waals surface area contributed by atoms with Crippen molar-refractivity contribution in [3.05, 3.63) is 5.82 Å². The summed E-state index contributed by atoms with van der Waals surface area (Å²) in [5, 5.41) is 20.4. The van der Waals surface area contributed by atoms with Crippen LogP contribution in [0.5, 0.6) is 0 Å². The second kappa shape index (κ2) is 4.59. The summed E-state index contributed by atoms with van der Waals surface area (Å²) in [5.41, 5.74) is 0.